The van der Waals surface area contributed by atoms with Gasteiger partial charge in [0.1, 0.15) is 29.4 Å². The Labute approximate surface area is 180 Å². The standard InChI is InChI=1S/C22H28N4O5/c1-6-8-17-18-19(25(5)24-17)20(27)26(14(2)23-18)11-12-30-15-9-7-10-16(13-15)31-22(3,4)21(28)29/h7,9-10,13H,6,8,11-12H2,1-5H3,(H,28,29). The Morgan fingerprint density at radius 3 is 2.65 bits per heavy atom. The third-order valence-electron chi connectivity index (χ3n) is 4.97. The number of aromatic nitrogens is 4. The van der Waals surface area contributed by atoms with Gasteiger partial charge in [-0.15, -0.1) is 0 Å². The summed E-state index contributed by atoms with van der Waals surface area (Å²) in [6.07, 6.45) is 1.70. The Balaban J connectivity index is 1.75. The van der Waals surface area contributed by atoms with Gasteiger partial charge in [-0.2, -0.15) is 5.10 Å². The largest absolute Gasteiger partial charge is 0.492 e. The molecule has 0 fully saturated rings. The number of benzene rings is 1. The zero-order valence-corrected chi connectivity index (χ0v) is 18.5. The van der Waals surface area contributed by atoms with Gasteiger partial charge in [0.05, 0.1) is 12.2 Å². The van der Waals surface area contributed by atoms with Crippen LogP contribution in [0.2, 0.25) is 0 Å². The van der Waals surface area contributed by atoms with E-state index in [1.165, 1.54) is 13.8 Å². The van der Waals surface area contributed by atoms with Crippen molar-refractivity contribution in [3.8, 4) is 11.5 Å². The van der Waals surface area contributed by atoms with Crippen molar-refractivity contribution in [1.82, 2.24) is 19.3 Å². The lowest BCUT2D eigenvalue weighted by Gasteiger charge is -2.21. The summed E-state index contributed by atoms with van der Waals surface area (Å²) >= 11 is 0. The molecule has 0 radical (unpaired) electrons. The molecule has 0 atom stereocenters. The number of carboxylic acids is 1. The van der Waals surface area contributed by atoms with E-state index in [0.29, 0.717) is 34.9 Å². The molecule has 2 aromatic heterocycles. The summed E-state index contributed by atoms with van der Waals surface area (Å²) in [7, 11) is 1.75. The molecule has 9 nitrogen and oxygen atoms in total. The summed E-state index contributed by atoms with van der Waals surface area (Å²) in [5, 5.41) is 13.7. The zero-order chi connectivity index (χ0) is 22.8. The van der Waals surface area contributed by atoms with Crippen LogP contribution in [-0.2, 0) is 24.8 Å². The van der Waals surface area contributed by atoms with Crippen molar-refractivity contribution in [2.24, 2.45) is 7.05 Å². The maximum absolute atomic E-state index is 13.0. The van der Waals surface area contributed by atoms with Gasteiger partial charge in [0.25, 0.3) is 5.56 Å². The molecule has 0 amide bonds. The number of fused-ring (bicyclic) bond motifs is 1. The molecule has 0 aliphatic heterocycles. The van der Waals surface area contributed by atoms with Crippen molar-refractivity contribution in [2.75, 3.05) is 6.61 Å². The monoisotopic (exact) mass is 428 g/mol. The molecule has 3 aromatic rings. The van der Waals surface area contributed by atoms with E-state index in [4.69, 9.17) is 9.47 Å². The highest BCUT2D eigenvalue weighted by Crippen LogP contribution is 2.24. The first-order valence-corrected chi connectivity index (χ1v) is 10.2. The van der Waals surface area contributed by atoms with Crippen molar-refractivity contribution >= 4 is 17.0 Å². The molecule has 0 unspecified atom stereocenters. The Hall–Kier alpha value is -3.36. The first-order chi connectivity index (χ1) is 14.6. The number of rotatable bonds is 9. The van der Waals surface area contributed by atoms with Gasteiger partial charge in [0, 0.05) is 13.1 Å². The summed E-state index contributed by atoms with van der Waals surface area (Å²) in [5.41, 5.74) is 0.479. The van der Waals surface area contributed by atoms with E-state index in [-0.39, 0.29) is 12.2 Å². The van der Waals surface area contributed by atoms with E-state index >= 15 is 0 Å². The Kier molecular flexibility index (Phi) is 6.33. The fourth-order valence-electron chi connectivity index (χ4n) is 3.31. The Bertz CT molecular complexity index is 1160. The molecule has 0 aliphatic rings. The van der Waals surface area contributed by atoms with E-state index in [9.17, 15) is 14.7 Å². The van der Waals surface area contributed by atoms with Gasteiger partial charge >= 0.3 is 5.97 Å². The van der Waals surface area contributed by atoms with Crippen LogP contribution in [0.15, 0.2) is 29.1 Å². The number of aryl methyl sites for hydroxylation is 3. The van der Waals surface area contributed by atoms with E-state index in [1.807, 2.05) is 0 Å². The van der Waals surface area contributed by atoms with Crippen molar-refractivity contribution in [2.45, 2.75) is 52.7 Å². The van der Waals surface area contributed by atoms with Crippen molar-refractivity contribution in [3.63, 3.8) is 0 Å². The van der Waals surface area contributed by atoms with Gasteiger partial charge in [-0.25, -0.2) is 9.78 Å². The van der Waals surface area contributed by atoms with Crippen molar-refractivity contribution in [1.29, 1.82) is 0 Å². The van der Waals surface area contributed by atoms with E-state index in [0.717, 1.165) is 18.5 Å². The second-order valence-electron chi connectivity index (χ2n) is 7.87. The lowest BCUT2D eigenvalue weighted by Crippen LogP contribution is -2.37. The Morgan fingerprint density at radius 2 is 1.97 bits per heavy atom. The number of nitrogens with zero attached hydrogens (tertiary/aromatic N) is 4. The number of hydrogen-bond acceptors (Lipinski definition) is 6. The van der Waals surface area contributed by atoms with Crippen LogP contribution >= 0.6 is 0 Å². The quantitative estimate of drug-likeness (QED) is 0.558. The molecule has 0 saturated carbocycles. The lowest BCUT2D eigenvalue weighted by atomic mass is 10.1. The smallest absolute Gasteiger partial charge is 0.347 e. The molecular weight excluding hydrogens is 400 g/mol. The predicted octanol–water partition coefficient (Wildman–Crippen LogP) is 2.71. The molecule has 1 N–H and O–H groups in total. The number of carboxylic acid groups (broad SMARTS) is 1. The topological polar surface area (TPSA) is 108 Å². The molecule has 9 heteroatoms. The molecule has 166 valence electrons. The minimum Gasteiger partial charge on any atom is -0.492 e. The minimum atomic E-state index is -1.36. The van der Waals surface area contributed by atoms with Crippen LogP contribution in [-0.4, -0.2) is 42.6 Å². The second-order valence-corrected chi connectivity index (χ2v) is 7.87. The van der Waals surface area contributed by atoms with Crippen molar-refractivity contribution in [3.05, 3.63) is 46.1 Å². The van der Waals surface area contributed by atoms with E-state index < -0.39 is 11.6 Å². The maximum Gasteiger partial charge on any atom is 0.347 e. The summed E-state index contributed by atoms with van der Waals surface area (Å²) in [4.78, 5) is 28.9. The molecule has 0 bridgehead atoms. The van der Waals surface area contributed by atoms with Crippen LogP contribution in [0.4, 0.5) is 0 Å². The van der Waals surface area contributed by atoms with Crippen LogP contribution in [0, 0.1) is 6.92 Å². The molecule has 31 heavy (non-hydrogen) atoms. The SMILES string of the molecule is CCCc1nn(C)c2c(=O)n(CCOc3cccc(OC(C)(C)C(=O)O)c3)c(C)nc12. The zero-order valence-electron chi connectivity index (χ0n) is 18.5. The molecule has 0 aliphatic carbocycles. The van der Waals surface area contributed by atoms with E-state index in [2.05, 4.69) is 17.0 Å². The van der Waals surface area contributed by atoms with Gasteiger partial charge in [-0.05, 0) is 39.3 Å². The number of ether oxygens (including phenoxy) is 2. The fraction of sp³-hybridized carbons (Fsp3) is 0.455. The first kappa shape index (κ1) is 22.3. The summed E-state index contributed by atoms with van der Waals surface area (Å²) < 4.78 is 14.5. The average Bonchev–Trinajstić information content (AvgIpc) is 2.99. The Morgan fingerprint density at radius 1 is 1.26 bits per heavy atom. The molecule has 0 spiro atoms. The number of hydrogen-bond donors (Lipinski definition) is 1. The van der Waals surface area contributed by atoms with Gasteiger partial charge in [0.15, 0.2) is 11.1 Å². The third-order valence-corrected chi connectivity index (χ3v) is 4.97. The molecule has 3 rings (SSSR count). The molecule has 2 heterocycles. The number of aliphatic carboxylic acids is 1. The maximum atomic E-state index is 13.0. The molecular formula is C22H28N4O5. The fourth-order valence-corrected chi connectivity index (χ4v) is 3.31. The van der Waals surface area contributed by atoms with Gasteiger partial charge in [-0.1, -0.05) is 19.4 Å². The summed E-state index contributed by atoms with van der Waals surface area (Å²) in [6.45, 7) is 7.37. The van der Waals surface area contributed by atoms with Gasteiger partial charge in [-0.3, -0.25) is 14.0 Å². The normalized spacial score (nSPS) is 11.6. The van der Waals surface area contributed by atoms with Crippen LogP contribution < -0.4 is 15.0 Å². The minimum absolute atomic E-state index is 0.149. The first-order valence-electron chi connectivity index (χ1n) is 10.2. The van der Waals surface area contributed by atoms with Gasteiger partial charge < -0.3 is 14.6 Å². The molecule has 1 aromatic carbocycles. The predicted molar refractivity (Wildman–Crippen MR) is 116 cm³/mol. The van der Waals surface area contributed by atoms with Crippen LogP contribution in [0.3, 0.4) is 0 Å². The van der Waals surface area contributed by atoms with Crippen LogP contribution in [0.1, 0.15) is 38.7 Å². The highest BCUT2D eigenvalue weighted by Gasteiger charge is 2.29. The van der Waals surface area contributed by atoms with Crippen molar-refractivity contribution < 1.29 is 19.4 Å². The van der Waals surface area contributed by atoms with Gasteiger partial charge in [0.2, 0.25) is 0 Å². The van der Waals surface area contributed by atoms with E-state index in [1.54, 1.807) is 47.5 Å². The lowest BCUT2D eigenvalue weighted by molar-refractivity contribution is -0.152. The second kappa shape index (κ2) is 8.79. The highest BCUT2D eigenvalue weighted by molar-refractivity contribution is 5.77. The summed E-state index contributed by atoms with van der Waals surface area (Å²) in [6, 6.07) is 6.76. The average molecular weight is 428 g/mol. The van der Waals surface area contributed by atoms with Crippen LogP contribution in [0.25, 0.3) is 11.0 Å². The summed E-state index contributed by atoms with van der Waals surface area (Å²) in [5.74, 6) is 0.449. The third kappa shape index (κ3) is 4.70. The highest BCUT2D eigenvalue weighted by atomic mass is 16.5. The molecule has 0 saturated heterocycles. The number of carbonyl (C=O) groups is 1. The van der Waals surface area contributed by atoms with Crippen LogP contribution in [0.5, 0.6) is 11.5 Å².